The van der Waals surface area contributed by atoms with E-state index in [1.54, 1.807) is 24.3 Å². The molecule has 0 atom stereocenters. The fourth-order valence-corrected chi connectivity index (χ4v) is 1.08. The van der Waals surface area contributed by atoms with Crippen LogP contribution in [-0.4, -0.2) is 26.1 Å². The summed E-state index contributed by atoms with van der Waals surface area (Å²) in [5, 5.41) is 7.46. The van der Waals surface area contributed by atoms with Crippen molar-refractivity contribution in [3.63, 3.8) is 0 Å². The number of hydrogen-bond acceptors (Lipinski definition) is 4. The van der Waals surface area contributed by atoms with Crippen molar-refractivity contribution < 1.29 is 14.3 Å². The van der Waals surface area contributed by atoms with E-state index in [9.17, 15) is 4.79 Å². The predicted octanol–water partition coefficient (Wildman–Crippen LogP) is 1.44. The largest absolute Gasteiger partial charge is 0.481 e. The molecule has 4 nitrogen and oxygen atoms in total. The van der Waals surface area contributed by atoms with Gasteiger partial charge >= 0.3 is 5.97 Å². The molecular formula is C10H11NO3. The lowest BCUT2D eigenvalue weighted by molar-refractivity contribution is 0.0600. The number of rotatable bonds is 2. The molecule has 0 amide bonds. The zero-order valence-electron chi connectivity index (χ0n) is 8.03. The van der Waals surface area contributed by atoms with Gasteiger partial charge in [0.2, 0.25) is 5.90 Å². The van der Waals surface area contributed by atoms with Gasteiger partial charge in [0, 0.05) is 0 Å². The maximum absolute atomic E-state index is 11.3. The maximum atomic E-state index is 11.3. The Hall–Kier alpha value is -1.84. The highest BCUT2D eigenvalue weighted by Crippen LogP contribution is 2.10. The van der Waals surface area contributed by atoms with Crippen molar-refractivity contribution in [2.75, 3.05) is 14.2 Å². The van der Waals surface area contributed by atoms with Crippen molar-refractivity contribution in [3.8, 4) is 0 Å². The molecule has 1 aromatic rings. The lowest BCUT2D eigenvalue weighted by Gasteiger charge is -2.07. The predicted molar refractivity (Wildman–Crippen MR) is 51.6 cm³/mol. The second-order valence-electron chi connectivity index (χ2n) is 2.57. The van der Waals surface area contributed by atoms with Gasteiger partial charge in [-0.3, -0.25) is 5.41 Å². The van der Waals surface area contributed by atoms with E-state index in [1.807, 2.05) is 0 Å². The molecule has 0 saturated heterocycles. The molecule has 0 fully saturated rings. The lowest BCUT2D eigenvalue weighted by Crippen LogP contribution is -2.11. The topological polar surface area (TPSA) is 59.4 Å². The molecule has 1 N–H and O–H groups in total. The van der Waals surface area contributed by atoms with Crippen molar-refractivity contribution in [1.29, 1.82) is 5.41 Å². The molecule has 0 aliphatic carbocycles. The summed E-state index contributed by atoms with van der Waals surface area (Å²) in [6, 6.07) is 6.67. The van der Waals surface area contributed by atoms with E-state index in [1.165, 1.54) is 14.2 Å². The Morgan fingerprint density at radius 2 is 1.71 bits per heavy atom. The first kappa shape index (κ1) is 10.2. The van der Waals surface area contributed by atoms with Crippen LogP contribution in [0.15, 0.2) is 24.3 Å². The molecule has 0 bridgehead atoms. The van der Waals surface area contributed by atoms with E-state index in [2.05, 4.69) is 4.74 Å². The van der Waals surface area contributed by atoms with Crippen LogP contribution >= 0.6 is 0 Å². The SMILES string of the molecule is COC(=N)c1ccccc1C(=O)OC. The number of ether oxygens (including phenoxy) is 2. The first-order valence-electron chi connectivity index (χ1n) is 4.01. The van der Waals surface area contributed by atoms with E-state index >= 15 is 0 Å². The third-order valence-electron chi connectivity index (χ3n) is 1.78. The van der Waals surface area contributed by atoms with Gasteiger partial charge in [-0.05, 0) is 12.1 Å². The molecule has 1 rings (SSSR count). The molecule has 0 heterocycles. The third-order valence-corrected chi connectivity index (χ3v) is 1.78. The highest BCUT2D eigenvalue weighted by Gasteiger charge is 2.14. The quantitative estimate of drug-likeness (QED) is 0.439. The number of hydrogen-bond donors (Lipinski definition) is 1. The number of methoxy groups -OCH3 is 2. The Morgan fingerprint density at radius 1 is 1.14 bits per heavy atom. The van der Waals surface area contributed by atoms with E-state index in [4.69, 9.17) is 10.1 Å². The van der Waals surface area contributed by atoms with Gasteiger partial charge in [0.25, 0.3) is 0 Å². The van der Waals surface area contributed by atoms with Crippen molar-refractivity contribution in [2.45, 2.75) is 0 Å². The fraction of sp³-hybridized carbons (Fsp3) is 0.200. The monoisotopic (exact) mass is 193 g/mol. The van der Waals surface area contributed by atoms with Gasteiger partial charge in [-0.2, -0.15) is 0 Å². The summed E-state index contributed by atoms with van der Waals surface area (Å²) in [5.41, 5.74) is 0.767. The van der Waals surface area contributed by atoms with Crippen LogP contribution in [0.4, 0.5) is 0 Å². The number of carbonyl (C=O) groups excluding carboxylic acids is 1. The van der Waals surface area contributed by atoms with Gasteiger partial charge in [-0.25, -0.2) is 4.79 Å². The van der Waals surface area contributed by atoms with Crippen molar-refractivity contribution >= 4 is 11.9 Å². The van der Waals surface area contributed by atoms with Gasteiger partial charge in [0.15, 0.2) is 0 Å². The van der Waals surface area contributed by atoms with E-state index in [-0.39, 0.29) is 5.90 Å². The molecule has 0 saturated carbocycles. The summed E-state index contributed by atoms with van der Waals surface area (Å²) in [7, 11) is 2.69. The van der Waals surface area contributed by atoms with Crippen molar-refractivity contribution in [1.82, 2.24) is 0 Å². The first-order chi connectivity index (χ1) is 6.70. The van der Waals surface area contributed by atoms with E-state index < -0.39 is 5.97 Å². The van der Waals surface area contributed by atoms with Gasteiger partial charge < -0.3 is 9.47 Å². The maximum Gasteiger partial charge on any atom is 0.338 e. The molecular weight excluding hydrogens is 182 g/mol. The first-order valence-corrected chi connectivity index (χ1v) is 4.01. The summed E-state index contributed by atoms with van der Waals surface area (Å²) in [6.07, 6.45) is 0. The molecule has 0 spiro atoms. The number of esters is 1. The van der Waals surface area contributed by atoms with Gasteiger partial charge in [-0.15, -0.1) is 0 Å². The van der Waals surface area contributed by atoms with Crippen LogP contribution in [0.3, 0.4) is 0 Å². The van der Waals surface area contributed by atoms with Crippen molar-refractivity contribution in [2.24, 2.45) is 0 Å². The van der Waals surface area contributed by atoms with Gasteiger partial charge in [0.1, 0.15) is 0 Å². The van der Waals surface area contributed by atoms with Crippen molar-refractivity contribution in [3.05, 3.63) is 35.4 Å². The summed E-state index contributed by atoms with van der Waals surface area (Å²) in [5.74, 6) is -0.520. The minimum Gasteiger partial charge on any atom is -0.481 e. The number of carbonyl (C=O) groups is 1. The van der Waals surface area contributed by atoms with Crippen LogP contribution in [-0.2, 0) is 9.47 Å². The second kappa shape index (κ2) is 4.41. The van der Waals surface area contributed by atoms with Gasteiger partial charge in [0.05, 0.1) is 25.3 Å². The smallest absolute Gasteiger partial charge is 0.338 e. The number of benzene rings is 1. The fourth-order valence-electron chi connectivity index (χ4n) is 1.08. The van der Waals surface area contributed by atoms with Crippen LogP contribution < -0.4 is 0 Å². The van der Waals surface area contributed by atoms with Crippen LogP contribution in [0.1, 0.15) is 15.9 Å². The minimum absolute atomic E-state index is 0.0500. The zero-order valence-corrected chi connectivity index (χ0v) is 8.03. The van der Waals surface area contributed by atoms with E-state index in [0.29, 0.717) is 11.1 Å². The van der Waals surface area contributed by atoms with E-state index in [0.717, 1.165) is 0 Å². The molecule has 74 valence electrons. The van der Waals surface area contributed by atoms with Crippen LogP contribution in [0, 0.1) is 5.41 Å². The highest BCUT2D eigenvalue weighted by molar-refractivity contribution is 6.03. The molecule has 14 heavy (non-hydrogen) atoms. The zero-order chi connectivity index (χ0) is 10.6. The summed E-state index contributed by atoms with van der Waals surface area (Å²) in [4.78, 5) is 11.3. The summed E-state index contributed by atoms with van der Waals surface area (Å²) < 4.78 is 9.33. The molecule has 0 unspecified atom stereocenters. The van der Waals surface area contributed by atoms with Crippen LogP contribution in [0.5, 0.6) is 0 Å². The highest BCUT2D eigenvalue weighted by atomic mass is 16.5. The average Bonchev–Trinajstić information content (AvgIpc) is 2.27. The van der Waals surface area contributed by atoms with Crippen LogP contribution in [0.25, 0.3) is 0 Å². The Balaban J connectivity index is 3.15. The molecule has 0 radical (unpaired) electrons. The normalized spacial score (nSPS) is 9.29. The lowest BCUT2D eigenvalue weighted by atomic mass is 10.1. The Labute approximate surface area is 82.0 Å². The molecule has 0 aliphatic heterocycles. The Kier molecular flexibility index (Phi) is 3.23. The van der Waals surface area contributed by atoms with Gasteiger partial charge in [-0.1, -0.05) is 12.1 Å². The Bertz CT molecular complexity index is 325. The van der Waals surface area contributed by atoms with Crippen LogP contribution in [0.2, 0.25) is 0 Å². The summed E-state index contributed by atoms with van der Waals surface area (Å²) in [6.45, 7) is 0. The second-order valence-corrected chi connectivity index (χ2v) is 2.57. The molecule has 0 aromatic heterocycles. The third kappa shape index (κ3) is 1.90. The molecule has 4 heteroatoms. The average molecular weight is 193 g/mol. The summed E-state index contributed by atoms with van der Waals surface area (Å²) >= 11 is 0. The number of nitrogens with one attached hydrogen (secondary N) is 1. The molecule has 1 aromatic carbocycles. The minimum atomic E-state index is -0.470. The Morgan fingerprint density at radius 3 is 2.21 bits per heavy atom. The standard InChI is InChI=1S/C10H11NO3/c1-13-9(11)7-5-3-4-6-8(7)10(12)14-2/h3-6,11H,1-2H3. The molecule has 0 aliphatic rings.